The Morgan fingerprint density at radius 2 is 1.97 bits per heavy atom. The van der Waals surface area contributed by atoms with Crippen LogP contribution >= 0.6 is 0 Å². The number of nitrogens with one attached hydrogen (secondary N) is 2. The number of pyridine rings is 1. The van der Waals surface area contributed by atoms with E-state index in [2.05, 4.69) is 15.6 Å². The summed E-state index contributed by atoms with van der Waals surface area (Å²) in [6, 6.07) is 8.36. The molecule has 0 saturated carbocycles. The number of carboxylic acid groups (broad SMARTS) is 1. The highest BCUT2D eigenvalue weighted by atomic mass is 16.5. The number of hydrogen-bond donors (Lipinski definition) is 3. The van der Waals surface area contributed by atoms with Gasteiger partial charge in [-0.25, -0.2) is 4.79 Å². The van der Waals surface area contributed by atoms with Gasteiger partial charge in [-0.05, 0) is 43.5 Å². The van der Waals surface area contributed by atoms with E-state index < -0.39 is 18.1 Å². The van der Waals surface area contributed by atoms with Crippen molar-refractivity contribution in [3.05, 3.63) is 36.5 Å². The highest BCUT2D eigenvalue weighted by molar-refractivity contribution is 5.98. The molecule has 3 N–H and O–H groups in total. The molecule has 0 aliphatic rings. The Balaban J connectivity index is 1.97. The second kappa shape index (κ2) is 12.4. The van der Waals surface area contributed by atoms with Crippen LogP contribution in [-0.4, -0.2) is 40.7 Å². The van der Waals surface area contributed by atoms with Crippen LogP contribution in [-0.2, 0) is 14.3 Å². The standard InChI is InChI=1S/C22H29N3O5/c1-2-3-14-30-22(29)25-19(9-5-4-6-10-20(26)27)21(28)24-17-11-12-18-16(15-17)8-7-13-23-18/h7-8,11-13,15,19H,2-6,9-10,14H2,1H3,(H,24,28)(H,25,29)(H,26,27)/t19-/m0/s1. The third-order valence-corrected chi connectivity index (χ3v) is 4.59. The van der Waals surface area contributed by atoms with Gasteiger partial charge >= 0.3 is 12.1 Å². The number of ether oxygens (including phenoxy) is 1. The summed E-state index contributed by atoms with van der Waals surface area (Å²) in [6.45, 7) is 2.29. The fraction of sp³-hybridized carbons (Fsp3) is 0.455. The predicted octanol–water partition coefficient (Wildman–Crippen LogP) is 4.10. The van der Waals surface area contributed by atoms with E-state index in [0.717, 1.165) is 23.7 Å². The van der Waals surface area contributed by atoms with Gasteiger partial charge in [-0.2, -0.15) is 0 Å². The minimum absolute atomic E-state index is 0.0917. The van der Waals surface area contributed by atoms with Gasteiger partial charge in [-0.1, -0.05) is 32.3 Å². The number of amides is 2. The number of nitrogens with zero attached hydrogens (tertiary/aromatic N) is 1. The Hall–Kier alpha value is -3.16. The number of hydrogen-bond acceptors (Lipinski definition) is 5. The van der Waals surface area contributed by atoms with Crippen molar-refractivity contribution in [1.82, 2.24) is 10.3 Å². The zero-order valence-corrected chi connectivity index (χ0v) is 17.2. The summed E-state index contributed by atoms with van der Waals surface area (Å²) in [5.41, 5.74) is 1.43. The number of carboxylic acids is 1. The Kier molecular flexibility index (Phi) is 9.57. The van der Waals surface area contributed by atoms with Crippen LogP contribution in [0.25, 0.3) is 10.9 Å². The summed E-state index contributed by atoms with van der Waals surface area (Å²) in [7, 11) is 0. The fourth-order valence-corrected chi connectivity index (χ4v) is 2.95. The molecule has 1 aromatic carbocycles. The van der Waals surface area contributed by atoms with E-state index in [-0.39, 0.29) is 12.3 Å². The lowest BCUT2D eigenvalue weighted by Gasteiger charge is -2.18. The lowest BCUT2D eigenvalue weighted by molar-refractivity contribution is -0.137. The fourth-order valence-electron chi connectivity index (χ4n) is 2.95. The molecule has 0 saturated heterocycles. The number of unbranched alkanes of at least 4 members (excludes halogenated alkanes) is 3. The number of aromatic nitrogens is 1. The van der Waals surface area contributed by atoms with Crippen LogP contribution in [0, 0.1) is 0 Å². The Labute approximate surface area is 176 Å². The first-order valence-electron chi connectivity index (χ1n) is 10.3. The number of benzene rings is 1. The zero-order chi connectivity index (χ0) is 21.8. The SMILES string of the molecule is CCCCOC(=O)N[C@@H](CCCCCC(=O)O)C(=O)Nc1ccc2ncccc2c1. The number of fused-ring (bicyclic) bond motifs is 1. The van der Waals surface area contributed by atoms with E-state index in [1.54, 1.807) is 12.3 Å². The van der Waals surface area contributed by atoms with Crippen molar-refractivity contribution in [1.29, 1.82) is 0 Å². The van der Waals surface area contributed by atoms with Crippen molar-refractivity contribution in [3.8, 4) is 0 Å². The maximum absolute atomic E-state index is 12.8. The summed E-state index contributed by atoms with van der Waals surface area (Å²) in [5.74, 6) is -1.18. The molecular formula is C22H29N3O5. The average Bonchev–Trinajstić information content (AvgIpc) is 2.72. The monoisotopic (exact) mass is 415 g/mol. The van der Waals surface area contributed by atoms with Crippen LogP contribution in [0.2, 0.25) is 0 Å². The largest absolute Gasteiger partial charge is 0.481 e. The second-order valence-corrected chi connectivity index (χ2v) is 7.08. The van der Waals surface area contributed by atoms with E-state index in [4.69, 9.17) is 9.84 Å². The Morgan fingerprint density at radius 3 is 2.73 bits per heavy atom. The second-order valence-electron chi connectivity index (χ2n) is 7.08. The molecular weight excluding hydrogens is 386 g/mol. The topological polar surface area (TPSA) is 118 Å². The van der Waals surface area contributed by atoms with E-state index in [1.165, 1.54) is 0 Å². The molecule has 0 fully saturated rings. The number of carbonyl (C=O) groups is 3. The molecule has 2 aromatic rings. The molecule has 8 heteroatoms. The molecule has 1 heterocycles. The highest BCUT2D eigenvalue weighted by Gasteiger charge is 2.21. The molecule has 0 aliphatic heterocycles. The first-order chi connectivity index (χ1) is 14.5. The van der Waals surface area contributed by atoms with Crippen molar-refractivity contribution in [3.63, 3.8) is 0 Å². The first-order valence-corrected chi connectivity index (χ1v) is 10.3. The van der Waals surface area contributed by atoms with Gasteiger partial charge in [0.25, 0.3) is 0 Å². The summed E-state index contributed by atoms with van der Waals surface area (Å²) in [5, 5.41) is 15.1. The zero-order valence-electron chi connectivity index (χ0n) is 17.2. The molecule has 0 aliphatic carbocycles. The highest BCUT2D eigenvalue weighted by Crippen LogP contribution is 2.18. The van der Waals surface area contributed by atoms with Crippen LogP contribution < -0.4 is 10.6 Å². The number of aliphatic carboxylic acids is 1. The summed E-state index contributed by atoms with van der Waals surface area (Å²) in [4.78, 5) is 39.7. The van der Waals surface area contributed by atoms with Gasteiger partial charge in [-0.3, -0.25) is 14.6 Å². The smallest absolute Gasteiger partial charge is 0.407 e. The molecule has 0 radical (unpaired) electrons. The number of alkyl carbamates (subject to hydrolysis) is 1. The van der Waals surface area contributed by atoms with Crippen molar-refractivity contribution >= 4 is 34.6 Å². The van der Waals surface area contributed by atoms with Crippen LogP contribution in [0.4, 0.5) is 10.5 Å². The first kappa shape index (κ1) is 23.1. The molecule has 1 aromatic heterocycles. The molecule has 0 unspecified atom stereocenters. The summed E-state index contributed by atoms with van der Waals surface area (Å²) in [6.07, 6.45) is 5.01. The molecule has 0 spiro atoms. The van der Waals surface area contributed by atoms with Crippen molar-refractivity contribution < 1.29 is 24.2 Å². The van der Waals surface area contributed by atoms with Gasteiger partial charge in [0.1, 0.15) is 6.04 Å². The Bertz CT molecular complexity index is 856. The number of anilines is 1. The van der Waals surface area contributed by atoms with Gasteiger partial charge in [-0.15, -0.1) is 0 Å². The molecule has 0 bridgehead atoms. The third-order valence-electron chi connectivity index (χ3n) is 4.59. The van der Waals surface area contributed by atoms with E-state index in [9.17, 15) is 14.4 Å². The number of rotatable bonds is 12. The van der Waals surface area contributed by atoms with Crippen LogP contribution in [0.1, 0.15) is 51.9 Å². The summed E-state index contributed by atoms with van der Waals surface area (Å²) < 4.78 is 5.11. The van der Waals surface area contributed by atoms with Crippen LogP contribution in [0.15, 0.2) is 36.5 Å². The minimum Gasteiger partial charge on any atom is -0.481 e. The van der Waals surface area contributed by atoms with Gasteiger partial charge < -0.3 is 20.5 Å². The van der Waals surface area contributed by atoms with Gasteiger partial charge in [0.15, 0.2) is 0 Å². The molecule has 162 valence electrons. The van der Waals surface area contributed by atoms with Gasteiger partial charge in [0, 0.05) is 23.7 Å². The Morgan fingerprint density at radius 1 is 1.13 bits per heavy atom. The van der Waals surface area contributed by atoms with E-state index in [0.29, 0.717) is 38.0 Å². The van der Waals surface area contributed by atoms with Crippen LogP contribution in [0.5, 0.6) is 0 Å². The molecule has 2 amide bonds. The van der Waals surface area contributed by atoms with Crippen molar-refractivity contribution in [2.24, 2.45) is 0 Å². The maximum Gasteiger partial charge on any atom is 0.407 e. The van der Waals surface area contributed by atoms with E-state index in [1.807, 2.05) is 31.2 Å². The third kappa shape index (κ3) is 8.06. The van der Waals surface area contributed by atoms with E-state index >= 15 is 0 Å². The van der Waals surface area contributed by atoms with Crippen LogP contribution in [0.3, 0.4) is 0 Å². The molecule has 8 nitrogen and oxygen atoms in total. The number of carbonyl (C=O) groups excluding carboxylic acids is 2. The quantitative estimate of drug-likeness (QED) is 0.449. The minimum atomic E-state index is -0.840. The summed E-state index contributed by atoms with van der Waals surface area (Å²) >= 11 is 0. The average molecular weight is 415 g/mol. The van der Waals surface area contributed by atoms with Gasteiger partial charge in [0.2, 0.25) is 5.91 Å². The van der Waals surface area contributed by atoms with Gasteiger partial charge in [0.05, 0.1) is 12.1 Å². The molecule has 2 rings (SSSR count). The van der Waals surface area contributed by atoms with Crippen molar-refractivity contribution in [2.75, 3.05) is 11.9 Å². The predicted molar refractivity (Wildman–Crippen MR) is 114 cm³/mol. The van der Waals surface area contributed by atoms with Crippen molar-refractivity contribution in [2.45, 2.75) is 57.9 Å². The molecule has 30 heavy (non-hydrogen) atoms. The molecule has 1 atom stereocenters. The lowest BCUT2D eigenvalue weighted by Crippen LogP contribution is -2.44. The lowest BCUT2D eigenvalue weighted by atomic mass is 10.1. The normalized spacial score (nSPS) is 11.6. The maximum atomic E-state index is 12.8.